The summed E-state index contributed by atoms with van der Waals surface area (Å²) in [7, 11) is 0.724. The summed E-state index contributed by atoms with van der Waals surface area (Å²) in [5.41, 5.74) is -0.281. The summed E-state index contributed by atoms with van der Waals surface area (Å²) in [5.74, 6) is 0.127. The normalized spacial score (nSPS) is 13.8. The zero-order chi connectivity index (χ0) is 9.99. The van der Waals surface area contributed by atoms with Crippen molar-refractivity contribution in [2.45, 2.75) is 39.9 Å². The summed E-state index contributed by atoms with van der Waals surface area (Å²) >= 11 is 0. The van der Waals surface area contributed by atoms with Gasteiger partial charge in [0.2, 0.25) is 5.91 Å². The van der Waals surface area contributed by atoms with Gasteiger partial charge in [-0.25, -0.2) is 0 Å². The third kappa shape index (κ3) is 4.06. The van der Waals surface area contributed by atoms with Crippen LogP contribution in [0.4, 0.5) is 0 Å². The first-order valence-electron chi connectivity index (χ1n) is 4.20. The Labute approximate surface area is 77.3 Å². The van der Waals surface area contributed by atoms with Crippen LogP contribution >= 0.6 is 8.58 Å². The van der Waals surface area contributed by atoms with Crippen LogP contribution in [0.15, 0.2) is 0 Å². The molecule has 2 nitrogen and oxygen atoms in total. The second-order valence-electron chi connectivity index (χ2n) is 4.58. The maximum Gasteiger partial charge on any atom is 0.226 e. The van der Waals surface area contributed by atoms with Crippen molar-refractivity contribution in [1.82, 2.24) is 5.32 Å². The molecular formula is C9H20NOP. The molecule has 0 radical (unpaired) electrons. The molecule has 0 bridgehead atoms. The highest BCUT2D eigenvalue weighted by atomic mass is 31.1. The second kappa shape index (κ2) is 3.74. The van der Waals surface area contributed by atoms with Gasteiger partial charge in [-0.3, -0.25) is 4.79 Å². The molecule has 1 atom stereocenters. The molecule has 1 amide bonds. The Hall–Kier alpha value is -0.100. The van der Waals surface area contributed by atoms with Crippen LogP contribution in [0.2, 0.25) is 0 Å². The highest BCUT2D eigenvalue weighted by molar-refractivity contribution is 7.38. The van der Waals surface area contributed by atoms with Crippen LogP contribution in [0.25, 0.3) is 0 Å². The Balaban J connectivity index is 4.20. The van der Waals surface area contributed by atoms with Crippen LogP contribution in [0, 0.1) is 5.41 Å². The number of hydrogen-bond donors (Lipinski definition) is 1. The SMILES string of the molecule is CPC(C)(C)NC(=O)C(C)(C)C. The Morgan fingerprint density at radius 3 is 1.83 bits per heavy atom. The minimum absolute atomic E-state index is 0.0512. The molecule has 1 unspecified atom stereocenters. The van der Waals surface area contributed by atoms with Crippen LogP contribution < -0.4 is 5.32 Å². The van der Waals surface area contributed by atoms with E-state index in [1.165, 1.54) is 0 Å². The van der Waals surface area contributed by atoms with Gasteiger partial charge in [-0.1, -0.05) is 29.4 Å². The van der Waals surface area contributed by atoms with E-state index in [-0.39, 0.29) is 16.6 Å². The van der Waals surface area contributed by atoms with Crippen LogP contribution in [0.1, 0.15) is 34.6 Å². The van der Waals surface area contributed by atoms with Crippen molar-refractivity contribution in [2.75, 3.05) is 6.66 Å². The fourth-order valence-corrected chi connectivity index (χ4v) is 0.772. The van der Waals surface area contributed by atoms with E-state index in [4.69, 9.17) is 0 Å². The van der Waals surface area contributed by atoms with Gasteiger partial charge in [-0.2, -0.15) is 0 Å². The van der Waals surface area contributed by atoms with Crippen LogP contribution in [-0.4, -0.2) is 17.9 Å². The molecule has 0 aliphatic rings. The summed E-state index contributed by atoms with van der Waals surface area (Å²) in [6.07, 6.45) is 0. The molecule has 12 heavy (non-hydrogen) atoms. The molecular weight excluding hydrogens is 169 g/mol. The van der Waals surface area contributed by atoms with Crippen LogP contribution in [0.3, 0.4) is 0 Å². The van der Waals surface area contributed by atoms with E-state index in [0.29, 0.717) is 0 Å². The standard InChI is InChI=1S/C9H20NOP/c1-8(2,3)7(11)10-9(4,5)12-6/h12H,1-6H3,(H,10,11). The van der Waals surface area contributed by atoms with Gasteiger partial charge in [0.15, 0.2) is 0 Å². The van der Waals surface area contributed by atoms with Gasteiger partial charge in [0.25, 0.3) is 0 Å². The third-order valence-electron chi connectivity index (χ3n) is 1.73. The molecule has 0 fully saturated rings. The lowest BCUT2D eigenvalue weighted by Crippen LogP contribution is -2.45. The van der Waals surface area contributed by atoms with Gasteiger partial charge in [0.05, 0.1) is 5.28 Å². The topological polar surface area (TPSA) is 29.1 Å². The average Bonchev–Trinajstić information content (AvgIpc) is 1.85. The molecule has 0 aromatic heterocycles. The first-order chi connectivity index (χ1) is 5.19. The van der Waals surface area contributed by atoms with Crippen molar-refractivity contribution < 1.29 is 4.79 Å². The quantitative estimate of drug-likeness (QED) is 0.663. The Bertz CT molecular complexity index is 170. The number of nitrogens with one attached hydrogen (secondary N) is 1. The molecule has 0 aliphatic heterocycles. The zero-order valence-electron chi connectivity index (χ0n) is 8.91. The van der Waals surface area contributed by atoms with Crippen molar-refractivity contribution in [1.29, 1.82) is 0 Å². The number of hydrogen-bond acceptors (Lipinski definition) is 1. The van der Waals surface area contributed by atoms with Crippen molar-refractivity contribution in [3.8, 4) is 0 Å². The van der Waals surface area contributed by atoms with E-state index in [0.717, 1.165) is 8.58 Å². The fourth-order valence-electron chi connectivity index (χ4n) is 0.534. The first-order valence-corrected chi connectivity index (χ1v) is 5.70. The molecule has 0 rings (SSSR count). The van der Waals surface area contributed by atoms with E-state index >= 15 is 0 Å². The minimum Gasteiger partial charge on any atom is -0.347 e. The average molecular weight is 189 g/mol. The second-order valence-corrected chi connectivity index (χ2v) is 6.33. The fraction of sp³-hybridized carbons (Fsp3) is 0.889. The largest absolute Gasteiger partial charge is 0.347 e. The molecule has 0 spiro atoms. The maximum atomic E-state index is 11.5. The summed E-state index contributed by atoms with van der Waals surface area (Å²) in [5, 5.41) is 2.97. The van der Waals surface area contributed by atoms with Gasteiger partial charge in [0, 0.05) is 5.41 Å². The van der Waals surface area contributed by atoms with Crippen molar-refractivity contribution in [3.63, 3.8) is 0 Å². The molecule has 0 aliphatic carbocycles. The lowest BCUT2D eigenvalue weighted by atomic mass is 9.95. The maximum absolute atomic E-state index is 11.5. The van der Waals surface area contributed by atoms with Gasteiger partial charge in [-0.15, -0.1) is 0 Å². The van der Waals surface area contributed by atoms with Crippen LogP contribution in [0.5, 0.6) is 0 Å². The number of carbonyl (C=O) groups is 1. The Kier molecular flexibility index (Phi) is 3.71. The van der Waals surface area contributed by atoms with Crippen molar-refractivity contribution >= 4 is 14.5 Å². The third-order valence-corrected chi connectivity index (χ3v) is 3.11. The molecule has 0 aromatic carbocycles. The van der Waals surface area contributed by atoms with Crippen LogP contribution in [-0.2, 0) is 4.79 Å². The predicted octanol–water partition coefficient (Wildman–Crippen LogP) is 2.19. The molecule has 0 aromatic rings. The molecule has 0 saturated heterocycles. The van der Waals surface area contributed by atoms with Gasteiger partial charge >= 0.3 is 0 Å². The van der Waals surface area contributed by atoms with E-state index in [1.54, 1.807) is 0 Å². The molecule has 0 heterocycles. The van der Waals surface area contributed by atoms with Gasteiger partial charge in [0.1, 0.15) is 0 Å². The van der Waals surface area contributed by atoms with Gasteiger partial charge in [-0.05, 0) is 20.5 Å². The monoisotopic (exact) mass is 189 g/mol. The highest BCUT2D eigenvalue weighted by Gasteiger charge is 2.26. The van der Waals surface area contributed by atoms with E-state index in [1.807, 2.05) is 20.8 Å². The summed E-state index contributed by atoms with van der Waals surface area (Å²) in [6.45, 7) is 12.0. The van der Waals surface area contributed by atoms with Crippen molar-refractivity contribution in [2.24, 2.45) is 5.41 Å². The Morgan fingerprint density at radius 2 is 1.58 bits per heavy atom. The van der Waals surface area contributed by atoms with Gasteiger partial charge < -0.3 is 5.32 Å². The smallest absolute Gasteiger partial charge is 0.226 e. The summed E-state index contributed by atoms with van der Waals surface area (Å²) in [4.78, 5) is 11.5. The molecule has 3 heteroatoms. The zero-order valence-corrected chi connectivity index (χ0v) is 9.91. The predicted molar refractivity (Wildman–Crippen MR) is 55.9 cm³/mol. The van der Waals surface area contributed by atoms with E-state index in [9.17, 15) is 4.79 Å². The summed E-state index contributed by atoms with van der Waals surface area (Å²) < 4.78 is 0. The van der Waals surface area contributed by atoms with E-state index < -0.39 is 0 Å². The Morgan fingerprint density at radius 1 is 1.17 bits per heavy atom. The highest BCUT2D eigenvalue weighted by Crippen LogP contribution is 2.26. The first kappa shape index (κ1) is 11.9. The van der Waals surface area contributed by atoms with Crippen molar-refractivity contribution in [3.05, 3.63) is 0 Å². The molecule has 72 valence electrons. The molecule has 1 N–H and O–H groups in total. The lowest BCUT2D eigenvalue weighted by molar-refractivity contribution is -0.129. The summed E-state index contributed by atoms with van der Waals surface area (Å²) in [6, 6.07) is 0. The number of carbonyl (C=O) groups excluding carboxylic acids is 1. The number of rotatable bonds is 2. The lowest BCUT2D eigenvalue weighted by Gasteiger charge is -2.29. The number of amides is 1. The van der Waals surface area contributed by atoms with E-state index in [2.05, 4.69) is 25.8 Å². The minimum atomic E-state index is -0.281. The molecule has 0 saturated carbocycles.